The third-order valence-electron chi connectivity index (χ3n) is 5.36. The molecule has 0 radical (unpaired) electrons. The molecule has 2 saturated heterocycles. The molecule has 2 aliphatic heterocycles. The van der Waals surface area contributed by atoms with E-state index in [2.05, 4.69) is 0 Å². The Hall–Kier alpha value is -2.56. The Bertz CT molecular complexity index is 757. The molecule has 0 saturated carbocycles. The van der Waals surface area contributed by atoms with Gasteiger partial charge in [0.15, 0.2) is 5.76 Å². The zero-order valence-corrected chi connectivity index (χ0v) is 14.2. The molecule has 1 atom stereocenters. The lowest BCUT2D eigenvalue weighted by molar-refractivity contribution is -0.128. The average molecular weight is 338 g/mol. The monoisotopic (exact) mass is 338 g/mol. The number of furan rings is 1. The van der Waals surface area contributed by atoms with E-state index < -0.39 is 5.54 Å². The van der Waals surface area contributed by atoms with E-state index in [4.69, 9.17) is 4.42 Å². The van der Waals surface area contributed by atoms with Gasteiger partial charge in [0.05, 0.1) is 18.2 Å². The summed E-state index contributed by atoms with van der Waals surface area (Å²) in [4.78, 5) is 29.3. The minimum absolute atomic E-state index is 0.0981. The van der Waals surface area contributed by atoms with Gasteiger partial charge in [0.25, 0.3) is 5.91 Å². The predicted molar refractivity (Wildman–Crippen MR) is 92.8 cm³/mol. The van der Waals surface area contributed by atoms with Crippen LogP contribution in [0.5, 0.6) is 0 Å². The molecule has 0 aliphatic carbocycles. The Balaban J connectivity index is 1.57. The van der Waals surface area contributed by atoms with Crippen molar-refractivity contribution in [3.63, 3.8) is 0 Å². The fourth-order valence-corrected chi connectivity index (χ4v) is 4.14. The number of benzene rings is 1. The van der Waals surface area contributed by atoms with Crippen molar-refractivity contribution in [1.82, 2.24) is 9.80 Å². The fraction of sp³-hybridized carbons (Fsp3) is 0.400. The molecule has 2 aromatic rings. The van der Waals surface area contributed by atoms with Crippen molar-refractivity contribution < 1.29 is 14.0 Å². The average Bonchev–Trinajstić information content (AvgIpc) is 3.25. The summed E-state index contributed by atoms with van der Waals surface area (Å²) in [7, 11) is 0. The normalized spacial score (nSPS) is 23.4. The SMILES string of the molecule is O=C1C[C@@]2(CCCCN2C(=O)c2ccco2)CN1Cc1ccccc1. The van der Waals surface area contributed by atoms with Crippen LogP contribution in [0.2, 0.25) is 0 Å². The van der Waals surface area contributed by atoms with Gasteiger partial charge in [-0.05, 0) is 37.0 Å². The minimum atomic E-state index is -0.395. The van der Waals surface area contributed by atoms with Crippen LogP contribution in [0.1, 0.15) is 41.8 Å². The minimum Gasteiger partial charge on any atom is -0.459 e. The van der Waals surface area contributed by atoms with E-state index in [-0.39, 0.29) is 11.8 Å². The van der Waals surface area contributed by atoms with Crippen molar-refractivity contribution in [2.75, 3.05) is 13.1 Å². The van der Waals surface area contributed by atoms with Crippen LogP contribution in [0.15, 0.2) is 53.1 Å². The number of piperidine rings is 1. The maximum atomic E-state index is 12.9. The van der Waals surface area contributed by atoms with Crippen LogP contribution < -0.4 is 0 Å². The van der Waals surface area contributed by atoms with E-state index in [1.165, 1.54) is 6.26 Å². The van der Waals surface area contributed by atoms with E-state index in [0.29, 0.717) is 31.8 Å². The predicted octanol–water partition coefficient (Wildman–Crippen LogP) is 3.08. The summed E-state index contributed by atoms with van der Waals surface area (Å²) < 4.78 is 5.31. The maximum absolute atomic E-state index is 12.9. The summed E-state index contributed by atoms with van der Waals surface area (Å²) in [5.74, 6) is 0.386. The number of nitrogens with zero attached hydrogens (tertiary/aromatic N) is 2. The summed E-state index contributed by atoms with van der Waals surface area (Å²) in [5, 5.41) is 0. The molecule has 5 nitrogen and oxygen atoms in total. The van der Waals surface area contributed by atoms with Crippen molar-refractivity contribution in [1.29, 1.82) is 0 Å². The number of hydrogen-bond acceptors (Lipinski definition) is 3. The third-order valence-corrected chi connectivity index (χ3v) is 5.36. The van der Waals surface area contributed by atoms with Crippen molar-refractivity contribution in [2.24, 2.45) is 0 Å². The summed E-state index contributed by atoms with van der Waals surface area (Å²) >= 11 is 0. The van der Waals surface area contributed by atoms with Gasteiger partial charge >= 0.3 is 0 Å². The van der Waals surface area contributed by atoms with Gasteiger partial charge < -0.3 is 14.2 Å². The van der Waals surface area contributed by atoms with Crippen LogP contribution in [-0.2, 0) is 11.3 Å². The van der Waals surface area contributed by atoms with Crippen LogP contribution in [0.25, 0.3) is 0 Å². The molecule has 0 N–H and O–H groups in total. The first-order valence-electron chi connectivity index (χ1n) is 8.85. The van der Waals surface area contributed by atoms with Crippen molar-refractivity contribution >= 4 is 11.8 Å². The highest BCUT2D eigenvalue weighted by Gasteiger charge is 2.50. The van der Waals surface area contributed by atoms with Crippen LogP contribution in [0, 0.1) is 0 Å². The van der Waals surface area contributed by atoms with E-state index in [1.54, 1.807) is 12.1 Å². The van der Waals surface area contributed by atoms with Gasteiger partial charge in [0.1, 0.15) is 0 Å². The van der Waals surface area contributed by atoms with Gasteiger partial charge in [-0.25, -0.2) is 0 Å². The van der Waals surface area contributed by atoms with Crippen LogP contribution in [0.3, 0.4) is 0 Å². The lowest BCUT2D eigenvalue weighted by Gasteiger charge is -2.44. The molecule has 3 heterocycles. The van der Waals surface area contributed by atoms with E-state index in [9.17, 15) is 9.59 Å². The highest BCUT2D eigenvalue weighted by atomic mass is 16.3. The fourth-order valence-electron chi connectivity index (χ4n) is 4.14. The Morgan fingerprint density at radius 2 is 1.96 bits per heavy atom. The molecular formula is C20H22N2O3. The van der Waals surface area contributed by atoms with E-state index >= 15 is 0 Å². The first kappa shape index (κ1) is 15.9. The second kappa shape index (κ2) is 6.39. The van der Waals surface area contributed by atoms with Crippen LogP contribution in [-0.4, -0.2) is 40.2 Å². The molecule has 2 amide bonds. The Morgan fingerprint density at radius 1 is 1.12 bits per heavy atom. The number of rotatable bonds is 3. The zero-order chi connectivity index (χ0) is 17.3. The molecule has 1 aromatic carbocycles. The van der Waals surface area contributed by atoms with Gasteiger partial charge in [-0.15, -0.1) is 0 Å². The number of carbonyl (C=O) groups is 2. The Morgan fingerprint density at radius 3 is 2.72 bits per heavy atom. The highest BCUT2D eigenvalue weighted by molar-refractivity contribution is 5.93. The summed E-state index contributed by atoms with van der Waals surface area (Å²) in [6.07, 6.45) is 4.82. The Kier molecular flexibility index (Phi) is 4.07. The molecule has 0 unspecified atom stereocenters. The second-order valence-corrected chi connectivity index (χ2v) is 7.03. The van der Waals surface area contributed by atoms with Crippen molar-refractivity contribution in [3.05, 3.63) is 60.1 Å². The number of amides is 2. The topological polar surface area (TPSA) is 53.8 Å². The van der Waals surface area contributed by atoms with Crippen LogP contribution in [0.4, 0.5) is 0 Å². The number of hydrogen-bond donors (Lipinski definition) is 0. The zero-order valence-electron chi connectivity index (χ0n) is 14.2. The maximum Gasteiger partial charge on any atom is 0.290 e. The summed E-state index contributed by atoms with van der Waals surface area (Å²) in [6.45, 7) is 1.89. The molecule has 0 bridgehead atoms. The standard InChI is InChI=1S/C20H22N2O3/c23-18-13-20(15-21(18)14-16-7-2-1-3-8-16)10-4-5-11-22(20)19(24)17-9-6-12-25-17/h1-3,6-9,12H,4-5,10-11,13-15H2/t20-/m0/s1. The van der Waals surface area contributed by atoms with E-state index in [0.717, 1.165) is 24.8 Å². The molecule has 4 rings (SSSR count). The number of carbonyl (C=O) groups excluding carboxylic acids is 2. The first-order chi connectivity index (χ1) is 12.2. The summed E-state index contributed by atoms with van der Waals surface area (Å²) in [5.41, 5.74) is 0.723. The molecule has 5 heteroatoms. The lowest BCUT2D eigenvalue weighted by atomic mass is 9.85. The van der Waals surface area contributed by atoms with Gasteiger partial charge in [-0.3, -0.25) is 9.59 Å². The third kappa shape index (κ3) is 2.95. The van der Waals surface area contributed by atoms with Gasteiger partial charge in [0, 0.05) is 19.6 Å². The van der Waals surface area contributed by atoms with Gasteiger partial charge in [-0.2, -0.15) is 0 Å². The molecule has 25 heavy (non-hydrogen) atoms. The van der Waals surface area contributed by atoms with Crippen molar-refractivity contribution in [2.45, 2.75) is 37.8 Å². The van der Waals surface area contributed by atoms with Gasteiger partial charge in [-0.1, -0.05) is 30.3 Å². The molecular weight excluding hydrogens is 316 g/mol. The van der Waals surface area contributed by atoms with E-state index in [1.807, 2.05) is 40.1 Å². The van der Waals surface area contributed by atoms with Crippen LogP contribution >= 0.6 is 0 Å². The molecule has 130 valence electrons. The molecule has 1 spiro atoms. The number of likely N-dealkylation sites (tertiary alicyclic amines) is 2. The second-order valence-electron chi connectivity index (χ2n) is 7.03. The highest BCUT2D eigenvalue weighted by Crippen LogP contribution is 2.38. The largest absolute Gasteiger partial charge is 0.459 e. The van der Waals surface area contributed by atoms with Crippen molar-refractivity contribution in [3.8, 4) is 0 Å². The molecule has 1 aromatic heterocycles. The molecule has 2 aliphatic rings. The smallest absolute Gasteiger partial charge is 0.290 e. The van der Waals surface area contributed by atoms with Gasteiger partial charge in [0.2, 0.25) is 5.91 Å². The Labute approximate surface area is 147 Å². The molecule has 2 fully saturated rings. The lowest BCUT2D eigenvalue weighted by Crippen LogP contribution is -2.56. The first-order valence-corrected chi connectivity index (χ1v) is 8.85. The quantitative estimate of drug-likeness (QED) is 0.864. The summed E-state index contributed by atoms with van der Waals surface area (Å²) in [6, 6.07) is 13.4.